The van der Waals surface area contributed by atoms with Crippen LogP contribution in [-0.2, 0) is 39.3 Å². The van der Waals surface area contributed by atoms with E-state index >= 15 is 0 Å². The molecule has 4 N–H and O–H groups in total. The van der Waals surface area contributed by atoms with Crippen molar-refractivity contribution in [3.05, 3.63) is 115 Å². The zero-order valence-electron chi connectivity index (χ0n) is 28.1. The largest absolute Gasteiger partial charge is 0.431 e. The standard InChI is InChI=1S/C19H14F5N3O4S2.C12H10ClF2N3O3S2/c1-33(29,30)27-16-13(20)6-10(7-14(16)21)8-25-17(28)15-9-32-18(26-15)31-12-4-2-11(3-5-12)19(22,23)24;1-23(20,21)18-10-7(14)2-6(3-8(10)15)4-16-11(19)9-5-22-12(13)17-9/h2-7,9,27H,8H2,1H3,(H,25,28);2-3,5,18H,4H2,1H3,(H,16,19). The van der Waals surface area contributed by atoms with Gasteiger partial charge in [0.15, 0.2) is 27.7 Å². The average Bonchev–Trinajstić information content (AvgIpc) is 3.74. The summed E-state index contributed by atoms with van der Waals surface area (Å²) in [4.78, 5) is 31.7. The first-order valence-electron chi connectivity index (χ1n) is 14.9. The molecule has 2 aromatic heterocycles. The number of ether oxygens (including phenoxy) is 1. The molecule has 300 valence electrons. The molecule has 0 saturated heterocycles. The minimum absolute atomic E-state index is 0.00630. The third-order valence-corrected chi connectivity index (χ3v) is 9.34. The number of nitrogens with one attached hydrogen (secondary N) is 4. The predicted molar refractivity (Wildman–Crippen MR) is 193 cm³/mol. The van der Waals surface area contributed by atoms with Gasteiger partial charge in [-0.3, -0.25) is 19.0 Å². The Hall–Kier alpha value is -5.04. The molecule has 3 aromatic carbocycles. The second-order valence-corrected chi connectivity index (χ2v) is 16.8. The van der Waals surface area contributed by atoms with E-state index in [2.05, 4.69) is 20.6 Å². The van der Waals surface area contributed by atoms with E-state index in [0.29, 0.717) is 0 Å². The van der Waals surface area contributed by atoms with Gasteiger partial charge in [0.1, 0.15) is 28.5 Å². The van der Waals surface area contributed by atoms with E-state index in [9.17, 15) is 57.2 Å². The lowest BCUT2D eigenvalue weighted by Crippen LogP contribution is -2.23. The first kappa shape index (κ1) is 43.7. The minimum Gasteiger partial charge on any atom is -0.431 e. The number of hydrogen-bond acceptors (Lipinski definition) is 11. The maximum Gasteiger partial charge on any atom is 0.416 e. The van der Waals surface area contributed by atoms with E-state index in [-0.39, 0.29) is 51.0 Å². The molecule has 0 radical (unpaired) electrons. The molecule has 0 atom stereocenters. The summed E-state index contributed by atoms with van der Waals surface area (Å²) in [5, 5.41) is 7.58. The number of aromatic nitrogens is 2. The van der Waals surface area contributed by atoms with Crippen molar-refractivity contribution in [1.29, 1.82) is 0 Å². The molecular weight excluding hydrogens is 865 g/mol. The molecule has 13 nitrogen and oxygen atoms in total. The lowest BCUT2D eigenvalue weighted by Gasteiger charge is -2.10. The number of sulfonamides is 2. The van der Waals surface area contributed by atoms with E-state index in [1.54, 1.807) is 9.44 Å². The van der Waals surface area contributed by atoms with Crippen molar-refractivity contribution >= 4 is 77.5 Å². The van der Waals surface area contributed by atoms with Gasteiger partial charge in [0.2, 0.25) is 20.0 Å². The summed E-state index contributed by atoms with van der Waals surface area (Å²) in [5.41, 5.74) is -2.30. The van der Waals surface area contributed by atoms with Crippen molar-refractivity contribution in [3.63, 3.8) is 0 Å². The zero-order chi connectivity index (χ0) is 41.6. The monoisotopic (exact) mass is 888 g/mol. The zero-order valence-corrected chi connectivity index (χ0v) is 32.1. The van der Waals surface area contributed by atoms with Crippen LogP contribution in [0.15, 0.2) is 59.3 Å². The molecule has 0 aliphatic heterocycles. The third kappa shape index (κ3) is 13.0. The number of halogens is 8. The van der Waals surface area contributed by atoms with Crippen LogP contribution in [0.5, 0.6) is 10.9 Å². The lowest BCUT2D eigenvalue weighted by atomic mass is 10.2. The summed E-state index contributed by atoms with van der Waals surface area (Å²) < 4.78 is 147. The quantitative estimate of drug-likeness (QED) is 0.0967. The number of carbonyl (C=O) groups is 2. The van der Waals surface area contributed by atoms with Crippen LogP contribution in [0.4, 0.5) is 42.1 Å². The highest BCUT2D eigenvalue weighted by Crippen LogP contribution is 2.32. The molecule has 2 heterocycles. The topological polar surface area (TPSA) is 186 Å². The normalized spacial score (nSPS) is 11.6. The number of rotatable bonds is 12. The highest BCUT2D eigenvalue weighted by atomic mass is 35.5. The fourth-order valence-electron chi connectivity index (χ4n) is 4.14. The maximum absolute atomic E-state index is 14.0. The number of carbonyl (C=O) groups excluding carboxylic acids is 2. The average molecular weight is 889 g/mol. The molecule has 0 unspecified atom stereocenters. The molecule has 25 heteroatoms. The molecule has 0 aliphatic rings. The fourth-order valence-corrected chi connectivity index (χ4v) is 6.69. The number of amides is 2. The number of alkyl halides is 3. The Kier molecular flexibility index (Phi) is 13.9. The van der Waals surface area contributed by atoms with Gasteiger partial charge in [-0.15, -0.1) is 11.3 Å². The Morgan fingerprint density at radius 1 is 0.714 bits per heavy atom. The molecule has 0 bridgehead atoms. The fraction of sp³-hybridized carbons (Fsp3) is 0.161. The van der Waals surface area contributed by atoms with Crippen molar-refractivity contribution in [2.45, 2.75) is 19.3 Å². The number of hydrogen-bond donors (Lipinski definition) is 4. The van der Waals surface area contributed by atoms with E-state index in [0.717, 1.165) is 83.7 Å². The summed E-state index contributed by atoms with van der Waals surface area (Å²) in [6.45, 7) is -0.459. The van der Waals surface area contributed by atoms with E-state index in [4.69, 9.17) is 16.3 Å². The number of thiazole rings is 2. The molecule has 2 amide bonds. The van der Waals surface area contributed by atoms with Gasteiger partial charge >= 0.3 is 6.18 Å². The van der Waals surface area contributed by atoms with Crippen molar-refractivity contribution in [1.82, 2.24) is 20.6 Å². The van der Waals surface area contributed by atoms with Gasteiger partial charge in [0.05, 0.1) is 18.1 Å². The van der Waals surface area contributed by atoms with E-state index < -0.39 is 78.2 Å². The van der Waals surface area contributed by atoms with Gasteiger partial charge in [-0.05, 0) is 59.7 Å². The van der Waals surface area contributed by atoms with Crippen molar-refractivity contribution < 1.29 is 61.9 Å². The lowest BCUT2D eigenvalue weighted by molar-refractivity contribution is -0.137. The Balaban J connectivity index is 0.000000265. The molecule has 5 aromatic rings. The maximum atomic E-state index is 14.0. The van der Waals surface area contributed by atoms with Crippen LogP contribution in [0, 0.1) is 23.3 Å². The van der Waals surface area contributed by atoms with E-state index in [1.807, 2.05) is 0 Å². The molecule has 0 aliphatic carbocycles. The molecule has 56 heavy (non-hydrogen) atoms. The first-order valence-corrected chi connectivity index (χ1v) is 20.8. The van der Waals surface area contributed by atoms with Crippen LogP contribution >= 0.6 is 34.3 Å². The smallest absolute Gasteiger partial charge is 0.416 e. The summed E-state index contributed by atoms with van der Waals surface area (Å²) >= 11 is 7.60. The Morgan fingerprint density at radius 2 is 1.12 bits per heavy atom. The van der Waals surface area contributed by atoms with Gasteiger partial charge in [-0.2, -0.15) is 18.2 Å². The number of nitrogens with zero attached hydrogens (tertiary/aromatic N) is 2. The van der Waals surface area contributed by atoms with Crippen LogP contribution in [0.2, 0.25) is 4.47 Å². The Bertz CT molecular complexity index is 2420. The van der Waals surface area contributed by atoms with Gasteiger partial charge in [0, 0.05) is 23.8 Å². The van der Waals surface area contributed by atoms with Crippen molar-refractivity contribution in [2.24, 2.45) is 0 Å². The second-order valence-electron chi connectivity index (χ2n) is 11.1. The summed E-state index contributed by atoms with van der Waals surface area (Å²) in [6.07, 6.45) is -2.97. The van der Waals surface area contributed by atoms with Gasteiger partial charge < -0.3 is 15.4 Å². The van der Waals surface area contributed by atoms with Crippen molar-refractivity contribution in [3.8, 4) is 10.9 Å². The van der Waals surface area contributed by atoms with Gasteiger partial charge in [-0.25, -0.2) is 39.4 Å². The number of anilines is 2. The minimum atomic E-state index is -4.48. The van der Waals surface area contributed by atoms with Crippen LogP contribution in [-0.4, -0.2) is 51.1 Å². The Labute approximate surface area is 326 Å². The SMILES string of the molecule is CS(=O)(=O)Nc1c(F)cc(CNC(=O)c2csc(Cl)n2)cc1F.CS(=O)(=O)Nc1c(F)cc(CNC(=O)c2csc(Oc3ccc(C(F)(F)F)cc3)n2)cc1F. The van der Waals surface area contributed by atoms with Crippen LogP contribution in [0.25, 0.3) is 0 Å². The molecular formula is C31H24ClF7N6O7S4. The Morgan fingerprint density at radius 3 is 1.50 bits per heavy atom. The number of benzene rings is 3. The van der Waals surface area contributed by atoms with Crippen molar-refractivity contribution in [2.75, 3.05) is 22.0 Å². The molecule has 0 saturated carbocycles. The second kappa shape index (κ2) is 17.8. The van der Waals surface area contributed by atoms with Gasteiger partial charge in [-0.1, -0.05) is 22.9 Å². The highest BCUT2D eigenvalue weighted by Gasteiger charge is 2.30. The molecule has 5 rings (SSSR count). The van der Waals surface area contributed by atoms with Crippen LogP contribution in [0.3, 0.4) is 0 Å². The highest BCUT2D eigenvalue weighted by molar-refractivity contribution is 7.92. The molecule has 0 fully saturated rings. The van der Waals surface area contributed by atoms with Crippen LogP contribution < -0.4 is 24.8 Å². The third-order valence-electron chi connectivity index (χ3n) is 6.50. The summed E-state index contributed by atoms with van der Waals surface area (Å²) in [7, 11) is -7.71. The molecule has 0 spiro atoms. The van der Waals surface area contributed by atoms with E-state index in [1.165, 1.54) is 10.8 Å². The summed E-state index contributed by atoms with van der Waals surface area (Å²) in [5.74, 6) is -5.66. The van der Waals surface area contributed by atoms with Crippen LogP contribution in [0.1, 0.15) is 37.7 Å². The first-order chi connectivity index (χ1) is 26.0. The summed E-state index contributed by atoms with van der Waals surface area (Å²) in [6, 6.07) is 7.45. The van der Waals surface area contributed by atoms with Gasteiger partial charge in [0.25, 0.3) is 17.0 Å². The predicted octanol–water partition coefficient (Wildman–Crippen LogP) is 6.91.